The third-order valence-corrected chi connectivity index (χ3v) is 2.14. The van der Waals surface area contributed by atoms with E-state index in [1.54, 1.807) is 0 Å². The number of hydrogen-bond donors (Lipinski definition) is 1. The molecule has 1 N–H and O–H groups in total. The van der Waals surface area contributed by atoms with Crippen LogP contribution < -0.4 is 10.1 Å². The van der Waals surface area contributed by atoms with E-state index in [1.165, 1.54) is 0 Å². The summed E-state index contributed by atoms with van der Waals surface area (Å²) >= 11 is 0. The van der Waals surface area contributed by atoms with Gasteiger partial charge < -0.3 is 14.8 Å². The maximum absolute atomic E-state index is 5.56. The van der Waals surface area contributed by atoms with Crippen LogP contribution in [0.5, 0.6) is 5.75 Å². The molecule has 0 atom stereocenters. The number of nitrogens with one attached hydrogen (secondary N) is 1. The van der Waals surface area contributed by atoms with Gasteiger partial charge in [0.1, 0.15) is 5.75 Å². The second kappa shape index (κ2) is 9.19. The first-order chi connectivity index (χ1) is 7.93. The molecular weight excluding hydrogens is 202 g/mol. The molecule has 1 aromatic rings. The van der Waals surface area contributed by atoms with E-state index >= 15 is 0 Å². The van der Waals surface area contributed by atoms with E-state index in [9.17, 15) is 0 Å². The van der Waals surface area contributed by atoms with Crippen molar-refractivity contribution in [3.8, 4) is 5.75 Å². The summed E-state index contributed by atoms with van der Waals surface area (Å²) in [5.74, 6) is 0.941. The minimum Gasteiger partial charge on any atom is -0.494 e. The van der Waals surface area contributed by atoms with E-state index in [4.69, 9.17) is 9.47 Å². The third-order valence-electron chi connectivity index (χ3n) is 2.14. The first-order valence-corrected chi connectivity index (χ1v) is 5.90. The Labute approximate surface area is 97.8 Å². The Hall–Kier alpha value is -1.06. The fourth-order valence-corrected chi connectivity index (χ4v) is 1.32. The Kier molecular flexibility index (Phi) is 7.47. The molecule has 0 heterocycles. The van der Waals surface area contributed by atoms with Gasteiger partial charge in [0.25, 0.3) is 0 Å². The van der Waals surface area contributed by atoms with Gasteiger partial charge in [-0.25, -0.2) is 0 Å². The van der Waals surface area contributed by atoms with Crippen molar-refractivity contribution in [3.63, 3.8) is 0 Å². The molecule has 16 heavy (non-hydrogen) atoms. The predicted molar refractivity (Wildman–Crippen MR) is 65.9 cm³/mol. The molecule has 0 saturated heterocycles. The van der Waals surface area contributed by atoms with Gasteiger partial charge in [-0.05, 0) is 32.0 Å². The molecule has 0 aliphatic rings. The Morgan fingerprint density at radius 3 is 2.62 bits per heavy atom. The number of hydrogen-bond acceptors (Lipinski definition) is 3. The molecule has 0 unspecified atom stereocenters. The molecule has 0 fully saturated rings. The lowest BCUT2D eigenvalue weighted by atomic mass is 10.3. The zero-order chi connectivity index (χ0) is 11.5. The summed E-state index contributed by atoms with van der Waals surface area (Å²) in [4.78, 5) is 0. The van der Waals surface area contributed by atoms with Gasteiger partial charge in [0.05, 0.1) is 13.2 Å². The number of rotatable bonds is 9. The summed E-state index contributed by atoms with van der Waals surface area (Å²) in [7, 11) is 0. The second-order valence-corrected chi connectivity index (χ2v) is 3.46. The standard InChI is InChI=1S/C13H21NO2/c1-2-15-12-10-14-9-6-11-16-13-7-4-3-5-8-13/h3-5,7-8,14H,2,6,9-12H2,1H3. The van der Waals surface area contributed by atoms with Gasteiger partial charge in [-0.15, -0.1) is 0 Å². The van der Waals surface area contributed by atoms with E-state index in [0.717, 1.165) is 45.1 Å². The summed E-state index contributed by atoms with van der Waals surface area (Å²) in [5, 5.41) is 3.30. The van der Waals surface area contributed by atoms with Crippen molar-refractivity contribution in [1.29, 1.82) is 0 Å². The Morgan fingerprint density at radius 1 is 1.06 bits per heavy atom. The molecule has 0 saturated carbocycles. The average molecular weight is 223 g/mol. The van der Waals surface area contributed by atoms with E-state index in [-0.39, 0.29) is 0 Å². The van der Waals surface area contributed by atoms with Gasteiger partial charge in [-0.2, -0.15) is 0 Å². The highest BCUT2D eigenvalue weighted by Crippen LogP contribution is 2.07. The molecule has 3 heteroatoms. The van der Waals surface area contributed by atoms with Gasteiger partial charge in [0.15, 0.2) is 0 Å². The fourth-order valence-electron chi connectivity index (χ4n) is 1.32. The molecule has 0 radical (unpaired) electrons. The molecular formula is C13H21NO2. The van der Waals surface area contributed by atoms with E-state index in [1.807, 2.05) is 37.3 Å². The number of para-hydroxylation sites is 1. The zero-order valence-electron chi connectivity index (χ0n) is 9.95. The van der Waals surface area contributed by atoms with Gasteiger partial charge in [0.2, 0.25) is 0 Å². The first kappa shape index (κ1) is 13.0. The molecule has 0 bridgehead atoms. The monoisotopic (exact) mass is 223 g/mol. The van der Waals surface area contributed by atoms with Crippen LogP contribution in [0, 0.1) is 0 Å². The highest BCUT2D eigenvalue weighted by Gasteiger charge is 1.91. The summed E-state index contributed by atoms with van der Waals surface area (Å²) in [6.45, 7) is 6.23. The zero-order valence-corrected chi connectivity index (χ0v) is 9.95. The smallest absolute Gasteiger partial charge is 0.119 e. The molecule has 1 rings (SSSR count). The fraction of sp³-hybridized carbons (Fsp3) is 0.538. The van der Waals surface area contributed by atoms with Crippen molar-refractivity contribution < 1.29 is 9.47 Å². The van der Waals surface area contributed by atoms with Crippen molar-refractivity contribution >= 4 is 0 Å². The summed E-state index contributed by atoms with van der Waals surface area (Å²) < 4.78 is 10.8. The predicted octanol–water partition coefficient (Wildman–Crippen LogP) is 2.08. The molecule has 0 aliphatic heterocycles. The lowest BCUT2D eigenvalue weighted by molar-refractivity contribution is 0.149. The Morgan fingerprint density at radius 2 is 1.88 bits per heavy atom. The lowest BCUT2D eigenvalue weighted by Gasteiger charge is -2.07. The van der Waals surface area contributed by atoms with Crippen molar-refractivity contribution in [1.82, 2.24) is 5.32 Å². The Balaban J connectivity index is 1.89. The number of benzene rings is 1. The van der Waals surface area contributed by atoms with Crippen molar-refractivity contribution in [3.05, 3.63) is 30.3 Å². The van der Waals surface area contributed by atoms with Gasteiger partial charge in [-0.1, -0.05) is 18.2 Å². The van der Waals surface area contributed by atoms with Crippen molar-refractivity contribution in [2.45, 2.75) is 13.3 Å². The highest BCUT2D eigenvalue weighted by atomic mass is 16.5. The van der Waals surface area contributed by atoms with Gasteiger partial charge >= 0.3 is 0 Å². The largest absolute Gasteiger partial charge is 0.494 e. The minimum atomic E-state index is 0.756. The highest BCUT2D eigenvalue weighted by molar-refractivity contribution is 5.20. The second-order valence-electron chi connectivity index (χ2n) is 3.46. The van der Waals surface area contributed by atoms with E-state index < -0.39 is 0 Å². The van der Waals surface area contributed by atoms with Crippen LogP contribution in [0.25, 0.3) is 0 Å². The Bertz CT molecular complexity index is 251. The maximum Gasteiger partial charge on any atom is 0.119 e. The SMILES string of the molecule is CCOCCNCCCOc1ccccc1. The normalized spacial score (nSPS) is 10.3. The van der Waals surface area contributed by atoms with E-state index in [2.05, 4.69) is 5.32 Å². The van der Waals surface area contributed by atoms with Crippen LogP contribution in [-0.4, -0.2) is 32.9 Å². The van der Waals surface area contributed by atoms with Crippen LogP contribution in [0.4, 0.5) is 0 Å². The molecule has 3 nitrogen and oxygen atoms in total. The lowest BCUT2D eigenvalue weighted by Crippen LogP contribution is -2.22. The first-order valence-electron chi connectivity index (χ1n) is 5.90. The summed E-state index contributed by atoms with van der Waals surface area (Å²) in [5.41, 5.74) is 0. The number of ether oxygens (including phenoxy) is 2. The van der Waals surface area contributed by atoms with Crippen LogP contribution in [-0.2, 0) is 4.74 Å². The molecule has 0 amide bonds. The molecule has 1 aromatic carbocycles. The topological polar surface area (TPSA) is 30.5 Å². The summed E-state index contributed by atoms with van der Waals surface area (Å²) in [6, 6.07) is 9.90. The molecule has 0 aromatic heterocycles. The van der Waals surface area contributed by atoms with Crippen LogP contribution in [0.2, 0.25) is 0 Å². The van der Waals surface area contributed by atoms with Crippen molar-refractivity contribution in [2.75, 3.05) is 32.9 Å². The van der Waals surface area contributed by atoms with Crippen LogP contribution in [0.3, 0.4) is 0 Å². The van der Waals surface area contributed by atoms with Gasteiger partial charge in [-0.3, -0.25) is 0 Å². The van der Waals surface area contributed by atoms with Gasteiger partial charge in [0, 0.05) is 13.2 Å². The maximum atomic E-state index is 5.56. The third kappa shape index (κ3) is 6.43. The molecule has 0 aliphatic carbocycles. The molecule has 90 valence electrons. The minimum absolute atomic E-state index is 0.756. The average Bonchev–Trinajstić information content (AvgIpc) is 2.34. The van der Waals surface area contributed by atoms with Crippen LogP contribution in [0.1, 0.15) is 13.3 Å². The van der Waals surface area contributed by atoms with Crippen molar-refractivity contribution in [2.24, 2.45) is 0 Å². The van der Waals surface area contributed by atoms with Crippen LogP contribution in [0.15, 0.2) is 30.3 Å². The summed E-state index contributed by atoms with van der Waals surface area (Å²) in [6.07, 6.45) is 1.01. The quantitative estimate of drug-likeness (QED) is 0.650. The van der Waals surface area contributed by atoms with Crippen LogP contribution >= 0.6 is 0 Å². The molecule has 0 spiro atoms. The van der Waals surface area contributed by atoms with E-state index in [0.29, 0.717) is 0 Å².